The van der Waals surface area contributed by atoms with Gasteiger partial charge in [0.1, 0.15) is 11.9 Å². The number of amides is 1. The van der Waals surface area contributed by atoms with Gasteiger partial charge < -0.3 is 5.32 Å². The molecule has 0 aliphatic carbocycles. The lowest BCUT2D eigenvalue weighted by Gasteiger charge is -2.35. The second-order valence-electron chi connectivity index (χ2n) is 7.80. The molecule has 0 aromatic heterocycles. The van der Waals surface area contributed by atoms with E-state index in [9.17, 15) is 17.6 Å². The summed E-state index contributed by atoms with van der Waals surface area (Å²) in [6, 6.07) is 17.3. The van der Waals surface area contributed by atoms with Crippen LogP contribution in [0.3, 0.4) is 0 Å². The van der Waals surface area contributed by atoms with Gasteiger partial charge in [-0.3, -0.25) is 4.79 Å². The van der Waals surface area contributed by atoms with Crippen LogP contribution in [0.15, 0.2) is 71.6 Å². The summed E-state index contributed by atoms with van der Waals surface area (Å²) in [6.07, 6.45) is 0.257. The number of hydrogen-bond acceptors (Lipinski definition) is 3. The van der Waals surface area contributed by atoms with Gasteiger partial charge in [0.15, 0.2) is 0 Å². The molecule has 160 valence electrons. The number of carbonyl (C=O) groups excluding carboxylic acids is 1. The molecule has 1 aliphatic heterocycles. The van der Waals surface area contributed by atoms with Crippen molar-refractivity contribution in [3.8, 4) is 0 Å². The molecule has 1 amide bonds. The lowest BCUT2D eigenvalue weighted by molar-refractivity contribution is -0.120. The predicted octanol–water partition coefficient (Wildman–Crippen LogP) is 4.20. The fourth-order valence-electron chi connectivity index (χ4n) is 3.80. The highest BCUT2D eigenvalue weighted by Crippen LogP contribution is 2.30. The summed E-state index contributed by atoms with van der Waals surface area (Å²) >= 11 is 0. The van der Waals surface area contributed by atoms with Crippen LogP contribution in [0.2, 0.25) is 0 Å². The van der Waals surface area contributed by atoms with E-state index in [1.807, 2.05) is 31.2 Å². The van der Waals surface area contributed by atoms with Crippen LogP contribution in [0.25, 0.3) is 0 Å². The van der Waals surface area contributed by atoms with Crippen molar-refractivity contribution in [1.29, 1.82) is 0 Å². The number of halogens is 1. The Bertz CT molecular complexity index is 1240. The molecule has 5 nitrogen and oxygen atoms in total. The van der Waals surface area contributed by atoms with E-state index in [4.69, 9.17) is 0 Å². The molecule has 1 aliphatic rings. The Morgan fingerprint density at radius 1 is 1.00 bits per heavy atom. The summed E-state index contributed by atoms with van der Waals surface area (Å²) in [5, 5.41) is 2.79. The smallest absolute Gasteiger partial charge is 0.244 e. The molecule has 1 heterocycles. The Hall–Kier alpha value is -3.03. The number of sulfonamides is 1. The van der Waals surface area contributed by atoms with Gasteiger partial charge in [-0.1, -0.05) is 42.0 Å². The normalized spacial score (nSPS) is 16.5. The number of benzene rings is 3. The highest BCUT2D eigenvalue weighted by atomic mass is 32.2. The average molecular weight is 439 g/mol. The van der Waals surface area contributed by atoms with Crippen LogP contribution in [0.5, 0.6) is 0 Å². The van der Waals surface area contributed by atoms with Gasteiger partial charge in [0, 0.05) is 12.2 Å². The van der Waals surface area contributed by atoms with E-state index in [1.54, 1.807) is 31.2 Å². The summed E-state index contributed by atoms with van der Waals surface area (Å²) in [6.45, 7) is 3.68. The van der Waals surface area contributed by atoms with E-state index in [1.165, 1.54) is 22.5 Å². The van der Waals surface area contributed by atoms with Crippen molar-refractivity contribution in [2.24, 2.45) is 0 Å². The minimum atomic E-state index is -3.91. The second-order valence-corrected chi connectivity index (χ2v) is 9.69. The van der Waals surface area contributed by atoms with Crippen molar-refractivity contribution in [2.45, 2.75) is 37.8 Å². The molecule has 1 N–H and O–H groups in total. The first-order chi connectivity index (χ1) is 14.8. The molecule has 31 heavy (non-hydrogen) atoms. The molecule has 0 radical (unpaired) electrons. The molecule has 0 saturated carbocycles. The summed E-state index contributed by atoms with van der Waals surface area (Å²) in [5.41, 5.74) is 3.79. The first-order valence-electron chi connectivity index (χ1n) is 9.98. The van der Waals surface area contributed by atoms with Crippen LogP contribution in [0.1, 0.15) is 22.3 Å². The minimum Gasteiger partial charge on any atom is -0.324 e. The first-order valence-corrected chi connectivity index (χ1v) is 11.4. The van der Waals surface area contributed by atoms with Gasteiger partial charge in [0.2, 0.25) is 15.9 Å². The summed E-state index contributed by atoms with van der Waals surface area (Å²) in [7, 11) is -3.91. The number of anilines is 1. The van der Waals surface area contributed by atoms with Gasteiger partial charge in [-0.25, -0.2) is 12.8 Å². The van der Waals surface area contributed by atoms with Crippen LogP contribution in [-0.2, 0) is 27.8 Å². The van der Waals surface area contributed by atoms with Crippen LogP contribution in [0.4, 0.5) is 10.1 Å². The van der Waals surface area contributed by atoms with Gasteiger partial charge >= 0.3 is 0 Å². The third-order valence-corrected chi connectivity index (χ3v) is 7.45. The van der Waals surface area contributed by atoms with Gasteiger partial charge in [-0.05, 0) is 67.3 Å². The number of rotatable bonds is 4. The van der Waals surface area contributed by atoms with Gasteiger partial charge in [0.25, 0.3) is 0 Å². The summed E-state index contributed by atoms with van der Waals surface area (Å²) in [4.78, 5) is 13.4. The Kier molecular flexibility index (Phi) is 5.64. The quantitative estimate of drug-likeness (QED) is 0.664. The zero-order valence-electron chi connectivity index (χ0n) is 17.3. The molecular weight excluding hydrogens is 415 g/mol. The highest BCUT2D eigenvalue weighted by molar-refractivity contribution is 7.89. The molecule has 4 rings (SSSR count). The lowest BCUT2D eigenvalue weighted by Crippen LogP contribution is -2.50. The molecule has 7 heteroatoms. The topological polar surface area (TPSA) is 66.5 Å². The molecule has 0 bridgehead atoms. The maximum atomic E-state index is 13.5. The van der Waals surface area contributed by atoms with E-state index < -0.39 is 27.8 Å². The van der Waals surface area contributed by atoms with E-state index in [0.717, 1.165) is 16.7 Å². The van der Waals surface area contributed by atoms with Crippen molar-refractivity contribution in [2.75, 3.05) is 5.32 Å². The second kappa shape index (κ2) is 8.24. The van der Waals surface area contributed by atoms with E-state index >= 15 is 0 Å². The molecular formula is C24H23FN2O3S. The van der Waals surface area contributed by atoms with E-state index in [2.05, 4.69) is 5.32 Å². The molecule has 3 aromatic rings. The SMILES string of the molecule is Cc1ccc(S(=O)(=O)N2Cc3ccccc3C[C@@H]2C(=O)Nc2ccc(F)cc2C)cc1. The van der Waals surface area contributed by atoms with Crippen LogP contribution in [0, 0.1) is 19.7 Å². The molecule has 3 aromatic carbocycles. The Labute approximate surface area is 181 Å². The first kappa shape index (κ1) is 21.2. The fraction of sp³-hybridized carbons (Fsp3) is 0.208. The predicted molar refractivity (Wildman–Crippen MR) is 118 cm³/mol. The van der Waals surface area contributed by atoms with Crippen molar-refractivity contribution < 1.29 is 17.6 Å². The number of hydrogen-bond donors (Lipinski definition) is 1. The van der Waals surface area contributed by atoms with Crippen molar-refractivity contribution in [1.82, 2.24) is 4.31 Å². The Morgan fingerprint density at radius 3 is 2.35 bits per heavy atom. The third kappa shape index (κ3) is 4.24. The summed E-state index contributed by atoms with van der Waals surface area (Å²) < 4.78 is 41.7. The Balaban J connectivity index is 1.72. The van der Waals surface area contributed by atoms with Gasteiger partial charge in [0.05, 0.1) is 4.90 Å². The number of nitrogens with zero attached hydrogens (tertiary/aromatic N) is 1. The molecule has 0 fully saturated rings. The van der Waals surface area contributed by atoms with Crippen LogP contribution in [-0.4, -0.2) is 24.7 Å². The molecule has 0 spiro atoms. The average Bonchev–Trinajstić information content (AvgIpc) is 2.75. The van der Waals surface area contributed by atoms with Crippen molar-refractivity contribution in [3.05, 3.63) is 94.8 Å². The maximum Gasteiger partial charge on any atom is 0.244 e. The van der Waals surface area contributed by atoms with Crippen molar-refractivity contribution in [3.63, 3.8) is 0 Å². The largest absolute Gasteiger partial charge is 0.324 e. The number of nitrogens with one attached hydrogen (secondary N) is 1. The minimum absolute atomic E-state index is 0.104. The third-order valence-electron chi connectivity index (χ3n) is 5.58. The van der Waals surface area contributed by atoms with E-state index in [-0.39, 0.29) is 17.9 Å². The van der Waals surface area contributed by atoms with E-state index in [0.29, 0.717) is 11.3 Å². The maximum absolute atomic E-state index is 13.5. The number of fused-ring (bicyclic) bond motifs is 1. The zero-order chi connectivity index (χ0) is 22.2. The standard InChI is InChI=1S/C24H23FN2O3S/c1-16-7-10-21(11-8-16)31(29,30)27-15-19-6-4-3-5-18(19)14-23(27)24(28)26-22-12-9-20(25)13-17(22)2/h3-13,23H,14-15H2,1-2H3,(H,26,28)/t23-/m1/s1. The fourth-order valence-corrected chi connectivity index (χ4v) is 5.37. The zero-order valence-corrected chi connectivity index (χ0v) is 18.1. The number of carbonyl (C=O) groups is 1. The molecule has 0 unspecified atom stereocenters. The lowest BCUT2D eigenvalue weighted by atomic mass is 9.95. The monoisotopic (exact) mass is 438 g/mol. The Morgan fingerprint density at radius 2 is 1.68 bits per heavy atom. The highest BCUT2D eigenvalue weighted by Gasteiger charge is 2.39. The number of aryl methyl sites for hydroxylation is 2. The van der Waals surface area contributed by atoms with Crippen molar-refractivity contribution >= 4 is 21.6 Å². The molecule has 1 atom stereocenters. The van der Waals surface area contributed by atoms with Crippen LogP contribution >= 0.6 is 0 Å². The molecule has 0 saturated heterocycles. The van der Waals surface area contributed by atoms with Gasteiger partial charge in [-0.2, -0.15) is 4.31 Å². The summed E-state index contributed by atoms with van der Waals surface area (Å²) in [5.74, 6) is -0.842. The van der Waals surface area contributed by atoms with Gasteiger partial charge in [-0.15, -0.1) is 0 Å². The van der Waals surface area contributed by atoms with Crippen LogP contribution < -0.4 is 5.32 Å².